The van der Waals surface area contributed by atoms with Crippen LogP contribution in [0, 0.1) is 6.92 Å². The highest BCUT2D eigenvalue weighted by Gasteiger charge is 2.31. The minimum atomic E-state index is -0.947. The van der Waals surface area contributed by atoms with E-state index < -0.39 is 22.7 Å². The molecule has 2 aromatic carbocycles. The van der Waals surface area contributed by atoms with Gasteiger partial charge in [0.05, 0.1) is 12.5 Å². The molecule has 5 aromatic rings. The molecule has 0 radical (unpaired) electrons. The Labute approximate surface area is 211 Å². The molecule has 0 unspecified atom stereocenters. The molecular weight excluding hydrogens is 470 g/mol. The molecule has 4 heterocycles. The van der Waals surface area contributed by atoms with Crippen molar-refractivity contribution >= 4 is 27.7 Å². The Kier molecular flexibility index (Phi) is 5.44. The van der Waals surface area contributed by atoms with Crippen LogP contribution in [0.15, 0.2) is 74.7 Å². The van der Waals surface area contributed by atoms with Gasteiger partial charge in [0.2, 0.25) is 17.1 Å². The molecule has 6 rings (SSSR count). The smallest absolute Gasteiger partial charge is 0.252 e. The largest absolute Gasteiger partial charge is 0.502 e. The van der Waals surface area contributed by atoms with Crippen molar-refractivity contribution in [1.29, 1.82) is 0 Å². The summed E-state index contributed by atoms with van der Waals surface area (Å²) in [6.07, 6.45) is 0.564. The van der Waals surface area contributed by atoms with E-state index in [1.807, 2.05) is 36.4 Å². The second-order valence-corrected chi connectivity index (χ2v) is 9.52. The number of nitrogens with zero attached hydrogens (tertiary/aromatic N) is 1. The van der Waals surface area contributed by atoms with Gasteiger partial charge in [-0.3, -0.25) is 14.4 Å². The van der Waals surface area contributed by atoms with Crippen molar-refractivity contribution in [2.45, 2.75) is 32.2 Å². The second-order valence-electron chi connectivity index (χ2n) is 9.52. The minimum absolute atomic E-state index is 0.0811. The summed E-state index contributed by atoms with van der Waals surface area (Å²) < 4.78 is 5.78. The van der Waals surface area contributed by atoms with Crippen LogP contribution in [0.2, 0.25) is 0 Å². The highest BCUT2D eigenvalue weighted by Crippen LogP contribution is 2.34. The Hall–Kier alpha value is -4.59. The maximum Gasteiger partial charge on any atom is 0.252 e. The Morgan fingerprint density at radius 2 is 1.81 bits per heavy atom. The number of nitrogens with one attached hydrogen (secondary N) is 2. The van der Waals surface area contributed by atoms with E-state index >= 15 is 0 Å². The van der Waals surface area contributed by atoms with Crippen LogP contribution in [-0.4, -0.2) is 32.4 Å². The number of hydrogen-bond donors (Lipinski definition) is 3. The Balaban J connectivity index is 1.39. The number of fused-ring (bicyclic) bond motifs is 4. The molecule has 1 amide bonds. The van der Waals surface area contributed by atoms with Crippen molar-refractivity contribution < 1.29 is 14.3 Å². The number of rotatable bonds is 4. The number of aryl methyl sites for hydroxylation is 1. The zero-order valence-electron chi connectivity index (χ0n) is 20.2. The van der Waals surface area contributed by atoms with Gasteiger partial charge in [0.1, 0.15) is 5.76 Å². The van der Waals surface area contributed by atoms with E-state index in [-0.39, 0.29) is 29.4 Å². The summed E-state index contributed by atoms with van der Waals surface area (Å²) in [6.45, 7) is 2.53. The van der Waals surface area contributed by atoms with Gasteiger partial charge in [-0.2, -0.15) is 0 Å². The number of H-pyrrole nitrogens is 2. The highest BCUT2D eigenvalue weighted by atomic mass is 16.4. The van der Waals surface area contributed by atoms with Crippen LogP contribution in [0.3, 0.4) is 0 Å². The summed E-state index contributed by atoms with van der Waals surface area (Å²) in [5.74, 6) is -1.54. The fraction of sp³-hybridized carbons (Fsp3) is 0.207. The third-order valence-electron chi connectivity index (χ3n) is 7.16. The predicted molar refractivity (Wildman–Crippen MR) is 140 cm³/mol. The summed E-state index contributed by atoms with van der Waals surface area (Å²) in [6, 6.07) is 18.3. The third kappa shape index (κ3) is 4.00. The first-order valence-corrected chi connectivity index (χ1v) is 12.2. The minimum Gasteiger partial charge on any atom is -0.502 e. The lowest BCUT2D eigenvalue weighted by atomic mass is 9.91. The first-order valence-electron chi connectivity index (χ1n) is 12.2. The second kappa shape index (κ2) is 8.81. The van der Waals surface area contributed by atoms with Crippen molar-refractivity contribution in [3.63, 3.8) is 0 Å². The van der Waals surface area contributed by atoms with Gasteiger partial charge in [0.25, 0.3) is 5.56 Å². The van der Waals surface area contributed by atoms with Crippen LogP contribution >= 0.6 is 0 Å². The van der Waals surface area contributed by atoms with Crippen molar-refractivity contribution in [1.82, 2.24) is 14.9 Å². The Bertz CT molecular complexity index is 1800. The first-order chi connectivity index (χ1) is 17.9. The lowest BCUT2D eigenvalue weighted by Crippen LogP contribution is -2.37. The van der Waals surface area contributed by atoms with Crippen LogP contribution < -0.4 is 11.0 Å². The van der Waals surface area contributed by atoms with E-state index in [2.05, 4.69) is 16.0 Å². The summed E-state index contributed by atoms with van der Waals surface area (Å²) in [7, 11) is 0. The number of para-hydroxylation sites is 2. The van der Waals surface area contributed by atoms with Crippen LogP contribution in [0.1, 0.15) is 40.7 Å². The molecule has 0 aliphatic carbocycles. The molecule has 186 valence electrons. The molecule has 3 N–H and O–H groups in total. The monoisotopic (exact) mass is 495 g/mol. The van der Waals surface area contributed by atoms with Gasteiger partial charge in [0, 0.05) is 46.7 Å². The summed E-state index contributed by atoms with van der Waals surface area (Å²) in [4.78, 5) is 47.2. The van der Waals surface area contributed by atoms with Crippen molar-refractivity contribution in [3.05, 3.63) is 110 Å². The number of aromatic amines is 2. The van der Waals surface area contributed by atoms with Crippen LogP contribution in [-0.2, 0) is 17.8 Å². The third-order valence-corrected chi connectivity index (χ3v) is 7.16. The Morgan fingerprint density at radius 3 is 2.65 bits per heavy atom. The molecule has 37 heavy (non-hydrogen) atoms. The number of hydrogen-bond acceptors (Lipinski definition) is 5. The molecule has 1 aliphatic rings. The molecule has 0 bridgehead atoms. The average Bonchev–Trinajstić information content (AvgIpc) is 3.27. The van der Waals surface area contributed by atoms with E-state index in [0.717, 1.165) is 22.0 Å². The Morgan fingerprint density at radius 1 is 1.05 bits per heavy atom. The van der Waals surface area contributed by atoms with Crippen LogP contribution in [0.4, 0.5) is 0 Å². The first kappa shape index (κ1) is 22.8. The summed E-state index contributed by atoms with van der Waals surface area (Å²) in [5.41, 5.74) is 3.12. The molecule has 0 saturated heterocycles. The zero-order valence-corrected chi connectivity index (χ0v) is 20.2. The van der Waals surface area contributed by atoms with E-state index in [0.29, 0.717) is 25.0 Å². The van der Waals surface area contributed by atoms with E-state index in [1.54, 1.807) is 24.0 Å². The number of benzene rings is 2. The van der Waals surface area contributed by atoms with Gasteiger partial charge >= 0.3 is 0 Å². The van der Waals surface area contributed by atoms with Crippen molar-refractivity contribution in [2.24, 2.45) is 0 Å². The predicted octanol–water partition coefficient (Wildman–Crippen LogP) is 4.08. The number of aromatic hydroxyl groups is 1. The zero-order chi connectivity index (χ0) is 25.7. The molecule has 0 spiro atoms. The number of carbonyl (C=O) groups excluding carboxylic acids is 1. The van der Waals surface area contributed by atoms with E-state index in [9.17, 15) is 19.5 Å². The van der Waals surface area contributed by atoms with Crippen molar-refractivity contribution in [3.8, 4) is 5.75 Å². The van der Waals surface area contributed by atoms with Gasteiger partial charge < -0.3 is 24.4 Å². The molecule has 8 heteroatoms. The fourth-order valence-corrected chi connectivity index (χ4v) is 5.34. The van der Waals surface area contributed by atoms with Crippen LogP contribution in [0.5, 0.6) is 5.75 Å². The normalized spacial score (nSPS) is 14.1. The van der Waals surface area contributed by atoms with Gasteiger partial charge in [-0.1, -0.05) is 36.4 Å². The topological polar surface area (TPSA) is 119 Å². The molecule has 8 nitrogen and oxygen atoms in total. The lowest BCUT2D eigenvalue weighted by molar-refractivity contribution is -0.132. The van der Waals surface area contributed by atoms with Gasteiger partial charge in [0.15, 0.2) is 5.76 Å². The number of aromatic nitrogens is 2. The molecule has 0 fully saturated rings. The number of carbonyl (C=O) groups is 1. The van der Waals surface area contributed by atoms with E-state index in [1.165, 1.54) is 11.6 Å². The van der Waals surface area contributed by atoms with Crippen molar-refractivity contribution in [2.75, 3.05) is 6.54 Å². The number of amides is 1. The standard InChI is InChI=1S/C29H25N3O5/c1-16-12-25(33)27(35)28(37-16)20(21-13-17-6-2-4-8-22(17)31-29(21)36)14-26(34)32-11-10-19-18-7-3-5-9-23(18)30-24(19)15-32/h2-9,12-13,20,30,35H,10-11,14-15H2,1H3,(H,31,36)/t20-/m1/s1. The van der Waals surface area contributed by atoms with Crippen LogP contribution in [0.25, 0.3) is 21.8 Å². The molecule has 1 aliphatic heterocycles. The molecular formula is C29H25N3O5. The van der Waals surface area contributed by atoms with Gasteiger partial charge in [-0.25, -0.2) is 0 Å². The quantitative estimate of drug-likeness (QED) is 0.347. The average molecular weight is 496 g/mol. The maximum atomic E-state index is 13.6. The SMILES string of the molecule is Cc1cc(=O)c(O)c([C@H](CC(=O)N2CCc3c([nH]c4ccccc34)C2)c2cc3ccccc3[nH]c2=O)o1. The summed E-state index contributed by atoms with van der Waals surface area (Å²) in [5, 5.41) is 12.6. The molecule has 0 saturated carbocycles. The highest BCUT2D eigenvalue weighted by molar-refractivity contribution is 5.86. The fourth-order valence-electron chi connectivity index (χ4n) is 5.34. The maximum absolute atomic E-state index is 13.6. The number of pyridine rings is 1. The van der Waals surface area contributed by atoms with Gasteiger partial charge in [-0.05, 0) is 42.5 Å². The molecule has 1 atom stereocenters. The summed E-state index contributed by atoms with van der Waals surface area (Å²) >= 11 is 0. The lowest BCUT2D eigenvalue weighted by Gasteiger charge is -2.29. The van der Waals surface area contributed by atoms with Gasteiger partial charge in [-0.15, -0.1) is 0 Å². The molecule has 3 aromatic heterocycles. The van der Waals surface area contributed by atoms with E-state index in [4.69, 9.17) is 4.42 Å².